The molecule has 17 heavy (non-hydrogen) atoms. The predicted molar refractivity (Wildman–Crippen MR) is 61.7 cm³/mol. The van der Waals surface area contributed by atoms with E-state index in [1.807, 2.05) is 0 Å². The molecule has 1 saturated heterocycles. The van der Waals surface area contributed by atoms with Crippen LogP contribution in [0.3, 0.4) is 0 Å². The van der Waals surface area contributed by atoms with Crippen LogP contribution in [0.4, 0.5) is 5.95 Å². The van der Waals surface area contributed by atoms with Gasteiger partial charge in [-0.25, -0.2) is 0 Å². The van der Waals surface area contributed by atoms with Crippen LogP contribution in [0.25, 0.3) is 0 Å². The molecule has 0 radical (unpaired) electrons. The molecule has 1 fully saturated rings. The quantitative estimate of drug-likeness (QED) is 0.751. The molecule has 7 heteroatoms. The fraction of sp³-hybridized carbons (Fsp3) is 0.500. The summed E-state index contributed by atoms with van der Waals surface area (Å²) in [7, 11) is 2.98. The van der Waals surface area contributed by atoms with E-state index < -0.39 is 0 Å². The van der Waals surface area contributed by atoms with Gasteiger partial charge < -0.3 is 9.47 Å². The molecular formula is C10H12ClN3O3. The molecule has 0 spiro atoms. The van der Waals surface area contributed by atoms with Crippen LogP contribution in [0.2, 0.25) is 0 Å². The number of methoxy groups -OCH3 is 2. The molecule has 0 aliphatic carbocycles. The average Bonchev–Trinajstić information content (AvgIpc) is 2.67. The van der Waals surface area contributed by atoms with Gasteiger partial charge in [0.25, 0.3) is 0 Å². The molecule has 6 nitrogen and oxygen atoms in total. The Labute approximate surface area is 104 Å². The van der Waals surface area contributed by atoms with Crippen molar-refractivity contribution in [3.63, 3.8) is 0 Å². The summed E-state index contributed by atoms with van der Waals surface area (Å²) >= 11 is 5.92. The molecule has 1 amide bonds. The number of amides is 1. The summed E-state index contributed by atoms with van der Waals surface area (Å²) in [4.78, 5) is 21.3. The van der Waals surface area contributed by atoms with E-state index in [1.165, 1.54) is 19.1 Å². The lowest BCUT2D eigenvalue weighted by molar-refractivity contribution is -0.117. The van der Waals surface area contributed by atoms with Crippen LogP contribution in [0.15, 0.2) is 6.07 Å². The maximum absolute atomic E-state index is 11.7. The van der Waals surface area contributed by atoms with Gasteiger partial charge in [0.15, 0.2) is 0 Å². The molecule has 2 heterocycles. The highest BCUT2D eigenvalue weighted by Crippen LogP contribution is 2.25. The Morgan fingerprint density at radius 2 is 1.94 bits per heavy atom. The van der Waals surface area contributed by atoms with E-state index >= 15 is 0 Å². The third-order valence-corrected chi connectivity index (χ3v) is 2.70. The van der Waals surface area contributed by atoms with Crippen molar-refractivity contribution in [1.29, 1.82) is 0 Å². The largest absolute Gasteiger partial charge is 0.481 e. The minimum Gasteiger partial charge on any atom is -0.481 e. The van der Waals surface area contributed by atoms with Gasteiger partial charge in [-0.05, 0) is 0 Å². The monoisotopic (exact) mass is 257 g/mol. The summed E-state index contributed by atoms with van der Waals surface area (Å²) in [6, 6.07) is 1.54. The normalized spacial score (nSPS) is 19.6. The molecule has 92 valence electrons. The third kappa shape index (κ3) is 2.41. The minimum atomic E-state index is -0.205. The molecule has 0 N–H and O–H groups in total. The van der Waals surface area contributed by atoms with Gasteiger partial charge in [-0.15, -0.1) is 11.6 Å². The third-order valence-electron chi connectivity index (χ3n) is 2.40. The molecule has 0 aromatic carbocycles. The Balaban J connectivity index is 2.34. The van der Waals surface area contributed by atoms with Crippen molar-refractivity contribution < 1.29 is 14.3 Å². The Hall–Kier alpha value is -1.56. The molecule has 1 atom stereocenters. The molecule has 0 saturated carbocycles. The van der Waals surface area contributed by atoms with Crippen LogP contribution >= 0.6 is 11.6 Å². The highest BCUT2D eigenvalue weighted by atomic mass is 35.5. The minimum absolute atomic E-state index is 0.0969. The second kappa shape index (κ2) is 4.75. The number of carbonyl (C=O) groups excluding carboxylic acids is 1. The molecule has 1 aliphatic heterocycles. The first-order valence-corrected chi connectivity index (χ1v) is 5.49. The first-order chi connectivity index (χ1) is 8.13. The number of hydrogen-bond donors (Lipinski definition) is 0. The Bertz CT molecular complexity index is 419. The highest BCUT2D eigenvalue weighted by molar-refractivity contribution is 6.24. The van der Waals surface area contributed by atoms with E-state index in [0.29, 0.717) is 24.7 Å². The van der Waals surface area contributed by atoms with Crippen molar-refractivity contribution in [1.82, 2.24) is 9.97 Å². The van der Waals surface area contributed by atoms with Crippen molar-refractivity contribution >= 4 is 23.5 Å². The number of rotatable bonds is 3. The number of ether oxygens (including phenoxy) is 2. The number of alkyl halides is 1. The average molecular weight is 258 g/mol. The number of aromatic nitrogens is 2. The van der Waals surface area contributed by atoms with Gasteiger partial charge in [0.1, 0.15) is 0 Å². The molecular weight excluding hydrogens is 246 g/mol. The van der Waals surface area contributed by atoms with Crippen molar-refractivity contribution in [3.05, 3.63) is 6.07 Å². The SMILES string of the molecule is COc1cc(OC)nc(N2CC(Cl)CC2=O)n1. The molecule has 0 bridgehead atoms. The predicted octanol–water partition coefficient (Wildman–Crippen LogP) is 0.838. The number of hydrogen-bond acceptors (Lipinski definition) is 5. The summed E-state index contributed by atoms with van der Waals surface area (Å²) in [6.45, 7) is 0.400. The molecule has 1 aliphatic rings. The molecule has 1 unspecified atom stereocenters. The van der Waals surface area contributed by atoms with E-state index in [-0.39, 0.29) is 17.2 Å². The van der Waals surface area contributed by atoms with Crippen LogP contribution in [0.5, 0.6) is 11.8 Å². The van der Waals surface area contributed by atoms with Crippen LogP contribution in [0, 0.1) is 0 Å². The summed E-state index contributed by atoms with van der Waals surface area (Å²) in [5.74, 6) is 0.852. The molecule has 1 aromatic rings. The lowest BCUT2D eigenvalue weighted by atomic mass is 10.4. The van der Waals surface area contributed by atoms with Crippen molar-refractivity contribution in [2.24, 2.45) is 0 Å². The Morgan fingerprint density at radius 3 is 2.35 bits per heavy atom. The molecule has 1 aromatic heterocycles. The van der Waals surface area contributed by atoms with E-state index in [9.17, 15) is 4.79 Å². The van der Waals surface area contributed by atoms with E-state index in [0.717, 1.165) is 0 Å². The summed E-state index contributed by atoms with van der Waals surface area (Å²) in [6.07, 6.45) is 0.296. The van der Waals surface area contributed by atoms with Gasteiger partial charge in [-0.1, -0.05) is 0 Å². The summed E-state index contributed by atoms with van der Waals surface area (Å²) < 4.78 is 10.0. The van der Waals surface area contributed by atoms with Crippen LogP contribution < -0.4 is 14.4 Å². The van der Waals surface area contributed by atoms with E-state index in [2.05, 4.69) is 9.97 Å². The smallest absolute Gasteiger partial charge is 0.238 e. The summed E-state index contributed by atoms with van der Waals surface area (Å²) in [5, 5.41) is -0.205. The van der Waals surface area contributed by atoms with Gasteiger partial charge in [0, 0.05) is 13.0 Å². The van der Waals surface area contributed by atoms with Crippen molar-refractivity contribution in [2.45, 2.75) is 11.8 Å². The van der Waals surface area contributed by atoms with Gasteiger partial charge in [-0.3, -0.25) is 9.69 Å². The van der Waals surface area contributed by atoms with Crippen molar-refractivity contribution in [3.8, 4) is 11.8 Å². The fourth-order valence-corrected chi connectivity index (χ4v) is 1.85. The van der Waals surface area contributed by atoms with Gasteiger partial charge in [-0.2, -0.15) is 9.97 Å². The number of anilines is 1. The van der Waals surface area contributed by atoms with E-state index in [1.54, 1.807) is 6.07 Å². The molecule has 2 rings (SSSR count). The maximum atomic E-state index is 11.7. The Morgan fingerprint density at radius 1 is 1.35 bits per heavy atom. The summed E-state index contributed by atoms with van der Waals surface area (Å²) in [5.41, 5.74) is 0. The number of carbonyl (C=O) groups is 1. The van der Waals surface area contributed by atoms with Crippen molar-refractivity contribution in [2.75, 3.05) is 25.7 Å². The fourth-order valence-electron chi connectivity index (χ4n) is 1.58. The number of nitrogens with zero attached hydrogens (tertiary/aromatic N) is 3. The maximum Gasteiger partial charge on any atom is 0.238 e. The standard InChI is InChI=1S/C10H12ClN3O3/c1-16-7-4-8(17-2)13-10(12-7)14-5-6(11)3-9(14)15/h4,6H,3,5H2,1-2H3. The second-order valence-electron chi connectivity index (χ2n) is 3.56. The lowest BCUT2D eigenvalue weighted by Gasteiger charge is -2.14. The van der Waals surface area contributed by atoms with Crippen LogP contribution in [-0.2, 0) is 4.79 Å². The zero-order chi connectivity index (χ0) is 12.4. The first-order valence-electron chi connectivity index (χ1n) is 5.05. The number of halogens is 1. The topological polar surface area (TPSA) is 64.6 Å². The first kappa shape index (κ1) is 11.9. The van der Waals surface area contributed by atoms with Gasteiger partial charge in [0.2, 0.25) is 23.6 Å². The van der Waals surface area contributed by atoms with Crippen LogP contribution in [-0.4, -0.2) is 42.0 Å². The zero-order valence-electron chi connectivity index (χ0n) is 9.51. The second-order valence-corrected chi connectivity index (χ2v) is 4.18. The Kier molecular flexibility index (Phi) is 3.33. The lowest BCUT2D eigenvalue weighted by Crippen LogP contribution is -2.26. The van der Waals surface area contributed by atoms with Gasteiger partial charge in [0.05, 0.1) is 25.7 Å². The van der Waals surface area contributed by atoms with Gasteiger partial charge >= 0.3 is 0 Å². The van der Waals surface area contributed by atoms with Crippen LogP contribution in [0.1, 0.15) is 6.42 Å². The zero-order valence-corrected chi connectivity index (χ0v) is 10.3. The highest BCUT2D eigenvalue weighted by Gasteiger charge is 2.31. The van der Waals surface area contributed by atoms with E-state index in [4.69, 9.17) is 21.1 Å².